The van der Waals surface area contributed by atoms with Crippen LogP contribution in [-0.4, -0.2) is 37.1 Å². The number of rotatable bonds is 5. The number of nitrogens with zero attached hydrogens (tertiary/aromatic N) is 1. The highest BCUT2D eigenvalue weighted by Gasteiger charge is 2.27. The predicted molar refractivity (Wildman–Crippen MR) is 54.0 cm³/mol. The van der Waals surface area contributed by atoms with Gasteiger partial charge >= 0.3 is 6.18 Å². The van der Waals surface area contributed by atoms with Crippen LogP contribution in [0, 0.1) is 0 Å². The number of ketones is 1. The van der Waals surface area contributed by atoms with Crippen molar-refractivity contribution in [2.75, 3.05) is 20.2 Å². The molecule has 1 heterocycles. The molecule has 0 aliphatic heterocycles. The Bertz CT molecular complexity index is 393. The molecule has 0 unspecified atom stereocenters. The van der Waals surface area contributed by atoms with E-state index in [4.69, 9.17) is 4.74 Å². The van der Waals surface area contributed by atoms with Crippen LogP contribution in [0.1, 0.15) is 10.5 Å². The topological polar surface area (TPSA) is 51.2 Å². The van der Waals surface area contributed by atoms with Crippen molar-refractivity contribution in [1.82, 2.24) is 10.3 Å². The summed E-state index contributed by atoms with van der Waals surface area (Å²) in [6.45, 7) is -1.65. The molecule has 0 aliphatic rings. The molecule has 1 rings (SSSR count). The van der Waals surface area contributed by atoms with Gasteiger partial charge < -0.3 is 10.1 Å². The lowest BCUT2D eigenvalue weighted by Crippen LogP contribution is -2.33. The first-order valence-corrected chi connectivity index (χ1v) is 4.73. The normalized spacial score (nSPS) is 11.3. The van der Waals surface area contributed by atoms with Gasteiger partial charge in [-0.25, -0.2) is 4.98 Å². The molecular formula is C10H11F3N2O2. The average Bonchev–Trinajstić information content (AvgIpc) is 2.27. The van der Waals surface area contributed by atoms with Crippen LogP contribution in [-0.2, 0) is 0 Å². The Morgan fingerprint density at radius 1 is 1.53 bits per heavy atom. The summed E-state index contributed by atoms with van der Waals surface area (Å²) in [6.07, 6.45) is -2.96. The first-order chi connectivity index (χ1) is 7.94. The number of methoxy groups -OCH3 is 1. The van der Waals surface area contributed by atoms with E-state index in [0.29, 0.717) is 0 Å². The van der Waals surface area contributed by atoms with Gasteiger partial charge in [-0.3, -0.25) is 4.79 Å². The van der Waals surface area contributed by atoms with Crippen LogP contribution in [0.2, 0.25) is 0 Å². The Hall–Kier alpha value is -1.63. The Morgan fingerprint density at radius 2 is 2.24 bits per heavy atom. The first kappa shape index (κ1) is 13.4. The predicted octanol–water partition coefficient (Wildman–Crippen LogP) is 1.42. The molecule has 17 heavy (non-hydrogen) atoms. The molecule has 0 aliphatic carbocycles. The van der Waals surface area contributed by atoms with Gasteiger partial charge in [0.1, 0.15) is 11.4 Å². The van der Waals surface area contributed by atoms with Gasteiger partial charge in [0.05, 0.1) is 20.2 Å². The number of alkyl halides is 3. The molecule has 0 atom stereocenters. The maximum Gasteiger partial charge on any atom is 0.401 e. The zero-order valence-electron chi connectivity index (χ0n) is 9.04. The van der Waals surface area contributed by atoms with Gasteiger partial charge in [0.2, 0.25) is 0 Å². The fraction of sp³-hybridized carbons (Fsp3) is 0.400. The molecule has 0 saturated heterocycles. The molecule has 0 amide bonds. The quantitative estimate of drug-likeness (QED) is 0.801. The highest BCUT2D eigenvalue weighted by Crippen LogP contribution is 2.15. The third kappa shape index (κ3) is 4.39. The van der Waals surface area contributed by atoms with E-state index < -0.39 is 25.0 Å². The third-order valence-electron chi connectivity index (χ3n) is 1.87. The Kier molecular flexibility index (Phi) is 4.45. The number of hydrogen-bond donors (Lipinski definition) is 1. The summed E-state index contributed by atoms with van der Waals surface area (Å²) in [7, 11) is 1.36. The van der Waals surface area contributed by atoms with E-state index in [1.54, 1.807) is 6.07 Å². The summed E-state index contributed by atoms with van der Waals surface area (Å²) in [5.74, 6) is -0.307. The van der Waals surface area contributed by atoms with Gasteiger partial charge in [-0.2, -0.15) is 13.2 Å². The minimum absolute atomic E-state index is 0.0182. The number of carbonyl (C=O) groups is 1. The molecule has 94 valence electrons. The van der Waals surface area contributed by atoms with E-state index in [9.17, 15) is 18.0 Å². The van der Waals surface area contributed by atoms with Crippen LogP contribution < -0.4 is 10.1 Å². The van der Waals surface area contributed by atoms with Gasteiger partial charge in [0.25, 0.3) is 0 Å². The standard InChI is InChI=1S/C10H11F3N2O2/c1-17-8-3-2-4-15-9(8)7(16)5-14-6-10(11,12)13/h2-4,14H,5-6H2,1H3. The fourth-order valence-corrected chi connectivity index (χ4v) is 1.17. The van der Waals surface area contributed by atoms with Crippen molar-refractivity contribution in [1.29, 1.82) is 0 Å². The van der Waals surface area contributed by atoms with Crippen molar-refractivity contribution in [2.24, 2.45) is 0 Å². The van der Waals surface area contributed by atoms with Crippen LogP contribution in [0.25, 0.3) is 0 Å². The van der Waals surface area contributed by atoms with Gasteiger partial charge in [0.15, 0.2) is 5.78 Å². The van der Waals surface area contributed by atoms with E-state index >= 15 is 0 Å². The SMILES string of the molecule is COc1cccnc1C(=O)CNCC(F)(F)F. The van der Waals surface area contributed by atoms with Crippen molar-refractivity contribution >= 4 is 5.78 Å². The first-order valence-electron chi connectivity index (χ1n) is 4.73. The molecule has 0 spiro atoms. The number of halogens is 3. The second-order valence-electron chi connectivity index (χ2n) is 3.20. The molecule has 0 aromatic carbocycles. The van der Waals surface area contributed by atoms with Crippen molar-refractivity contribution in [2.45, 2.75) is 6.18 Å². The zero-order chi connectivity index (χ0) is 12.9. The molecule has 1 N–H and O–H groups in total. The van der Waals surface area contributed by atoms with Crippen LogP contribution in [0.15, 0.2) is 18.3 Å². The zero-order valence-corrected chi connectivity index (χ0v) is 9.04. The number of Topliss-reactive ketones (excluding diaryl/α,β-unsaturated/α-hetero) is 1. The summed E-state index contributed by atoms with van der Waals surface area (Å²) in [4.78, 5) is 15.3. The number of pyridine rings is 1. The van der Waals surface area contributed by atoms with E-state index in [-0.39, 0.29) is 11.4 Å². The van der Waals surface area contributed by atoms with Crippen LogP contribution in [0.4, 0.5) is 13.2 Å². The average molecular weight is 248 g/mol. The fourth-order valence-electron chi connectivity index (χ4n) is 1.17. The highest BCUT2D eigenvalue weighted by molar-refractivity contribution is 5.98. The van der Waals surface area contributed by atoms with E-state index in [1.165, 1.54) is 19.4 Å². The molecule has 1 aromatic heterocycles. The summed E-state index contributed by atoms with van der Waals surface area (Å²) in [5.41, 5.74) is 0.0182. The van der Waals surface area contributed by atoms with Crippen molar-refractivity contribution in [3.8, 4) is 5.75 Å². The third-order valence-corrected chi connectivity index (χ3v) is 1.87. The Balaban J connectivity index is 2.58. The monoisotopic (exact) mass is 248 g/mol. The molecule has 0 fully saturated rings. The minimum atomic E-state index is -4.34. The Morgan fingerprint density at radius 3 is 2.82 bits per heavy atom. The number of carbonyl (C=O) groups excluding carboxylic acids is 1. The molecule has 4 nitrogen and oxygen atoms in total. The smallest absolute Gasteiger partial charge is 0.401 e. The largest absolute Gasteiger partial charge is 0.494 e. The van der Waals surface area contributed by atoms with Crippen molar-refractivity contribution < 1.29 is 22.7 Å². The van der Waals surface area contributed by atoms with E-state index in [0.717, 1.165) is 0 Å². The number of aromatic nitrogens is 1. The van der Waals surface area contributed by atoms with E-state index in [2.05, 4.69) is 4.98 Å². The second kappa shape index (κ2) is 5.62. The number of ether oxygens (including phenoxy) is 1. The molecule has 7 heteroatoms. The highest BCUT2D eigenvalue weighted by atomic mass is 19.4. The van der Waals surface area contributed by atoms with Crippen molar-refractivity contribution in [3.05, 3.63) is 24.0 Å². The second-order valence-corrected chi connectivity index (χ2v) is 3.20. The minimum Gasteiger partial charge on any atom is -0.494 e. The van der Waals surface area contributed by atoms with Crippen LogP contribution in [0.5, 0.6) is 5.75 Å². The molecular weight excluding hydrogens is 237 g/mol. The van der Waals surface area contributed by atoms with Crippen LogP contribution in [0.3, 0.4) is 0 Å². The lowest BCUT2D eigenvalue weighted by atomic mass is 10.2. The number of nitrogens with one attached hydrogen (secondary N) is 1. The Labute approximate surface area is 95.8 Å². The van der Waals surface area contributed by atoms with Crippen molar-refractivity contribution in [3.63, 3.8) is 0 Å². The van der Waals surface area contributed by atoms with Gasteiger partial charge in [-0.1, -0.05) is 0 Å². The molecule has 0 radical (unpaired) electrons. The lowest BCUT2D eigenvalue weighted by molar-refractivity contribution is -0.124. The van der Waals surface area contributed by atoms with Crippen LogP contribution >= 0.6 is 0 Å². The maximum atomic E-state index is 11.8. The van der Waals surface area contributed by atoms with Gasteiger partial charge in [-0.15, -0.1) is 0 Å². The summed E-state index contributed by atoms with van der Waals surface area (Å²) in [5, 5.41) is 2.00. The molecule has 1 aromatic rings. The summed E-state index contributed by atoms with van der Waals surface area (Å²) >= 11 is 0. The van der Waals surface area contributed by atoms with Gasteiger partial charge in [0, 0.05) is 6.20 Å². The lowest BCUT2D eigenvalue weighted by Gasteiger charge is -2.08. The molecule has 0 saturated carbocycles. The van der Waals surface area contributed by atoms with Gasteiger partial charge in [-0.05, 0) is 12.1 Å². The molecule has 0 bridgehead atoms. The summed E-state index contributed by atoms with van der Waals surface area (Å²) in [6, 6.07) is 3.09. The van der Waals surface area contributed by atoms with E-state index in [1.807, 2.05) is 5.32 Å². The summed E-state index contributed by atoms with van der Waals surface area (Å²) < 4.78 is 40.4. The maximum absolute atomic E-state index is 11.8. The number of hydrogen-bond acceptors (Lipinski definition) is 4.